The number of halogens is 2. The van der Waals surface area contributed by atoms with Crippen LogP contribution < -0.4 is 14.5 Å². The van der Waals surface area contributed by atoms with Gasteiger partial charge in [0.25, 0.3) is 5.91 Å². The molecule has 2 aliphatic rings. The predicted octanol–water partition coefficient (Wildman–Crippen LogP) is 3.05. The van der Waals surface area contributed by atoms with Gasteiger partial charge in [0.15, 0.2) is 22.8 Å². The van der Waals surface area contributed by atoms with Crippen molar-refractivity contribution in [3.8, 4) is 17.0 Å². The highest BCUT2D eigenvalue weighted by Gasteiger charge is 2.43. The standard InChI is InChI=1S/C26H25F2N7O3/c1-14-20(11-35-19-6-16(27)5-17(28)22(19)38-25(2,3)23(35)36)34-10-18(29-9-21(34)32-14)15-7-30-24(31-8-15)33-12-26(4,37)13-33/h5-10,37H,11-13H2,1-4H3. The van der Waals surface area contributed by atoms with Crippen LogP contribution in [-0.4, -0.2) is 59.6 Å². The van der Waals surface area contributed by atoms with Crippen LogP contribution in [0.25, 0.3) is 16.9 Å². The van der Waals surface area contributed by atoms with E-state index in [1.807, 2.05) is 4.90 Å². The van der Waals surface area contributed by atoms with Crippen molar-refractivity contribution < 1.29 is 23.4 Å². The molecule has 10 nitrogen and oxygen atoms in total. The number of hydrogen-bond acceptors (Lipinski definition) is 8. The molecule has 0 radical (unpaired) electrons. The fourth-order valence-corrected chi connectivity index (χ4v) is 4.88. The number of carbonyl (C=O) groups is 1. The van der Waals surface area contributed by atoms with Gasteiger partial charge < -0.3 is 14.7 Å². The SMILES string of the molecule is Cc1nc2cnc(-c3cnc(N4CC(C)(O)C4)nc3)cn2c1CN1C(=O)C(C)(C)Oc2c(F)cc(F)cc21. The smallest absolute Gasteiger partial charge is 0.271 e. The second-order valence-electron chi connectivity index (χ2n) is 10.5. The summed E-state index contributed by atoms with van der Waals surface area (Å²) < 4.78 is 36.2. The van der Waals surface area contributed by atoms with Crippen molar-refractivity contribution in [3.63, 3.8) is 0 Å². The van der Waals surface area contributed by atoms with Gasteiger partial charge in [-0.1, -0.05) is 0 Å². The molecular formula is C26H25F2N7O3. The molecule has 12 heteroatoms. The molecule has 0 unspecified atom stereocenters. The van der Waals surface area contributed by atoms with E-state index in [4.69, 9.17) is 4.74 Å². The van der Waals surface area contributed by atoms with Crippen molar-refractivity contribution in [3.05, 3.63) is 59.9 Å². The van der Waals surface area contributed by atoms with Gasteiger partial charge in [-0.05, 0) is 27.7 Å². The quantitative estimate of drug-likeness (QED) is 0.437. The zero-order chi connectivity index (χ0) is 27.0. The van der Waals surface area contributed by atoms with Crippen LogP contribution >= 0.6 is 0 Å². The van der Waals surface area contributed by atoms with Gasteiger partial charge in [0.1, 0.15) is 5.82 Å². The lowest BCUT2D eigenvalue weighted by Crippen LogP contribution is -2.60. The largest absolute Gasteiger partial charge is 0.473 e. The van der Waals surface area contributed by atoms with Crippen molar-refractivity contribution in [2.75, 3.05) is 22.9 Å². The first-order valence-corrected chi connectivity index (χ1v) is 12.1. The van der Waals surface area contributed by atoms with E-state index in [1.165, 1.54) is 4.90 Å². The Hall–Kier alpha value is -4.19. The number of benzene rings is 1. The lowest BCUT2D eigenvalue weighted by atomic mass is 9.98. The molecule has 1 aromatic carbocycles. The number of amides is 1. The number of hydrogen-bond donors (Lipinski definition) is 1. The van der Waals surface area contributed by atoms with Crippen molar-refractivity contribution in [2.45, 2.75) is 45.4 Å². The summed E-state index contributed by atoms with van der Waals surface area (Å²) in [7, 11) is 0. The summed E-state index contributed by atoms with van der Waals surface area (Å²) >= 11 is 0. The number of aryl methyl sites for hydroxylation is 1. The van der Waals surface area contributed by atoms with Gasteiger partial charge in [-0.3, -0.25) is 19.1 Å². The summed E-state index contributed by atoms with van der Waals surface area (Å²) in [6.07, 6.45) is 6.68. The second kappa shape index (κ2) is 8.15. The summed E-state index contributed by atoms with van der Waals surface area (Å²) in [6.45, 7) is 7.57. The van der Waals surface area contributed by atoms with Crippen LogP contribution in [0.4, 0.5) is 20.4 Å². The van der Waals surface area contributed by atoms with E-state index in [9.17, 15) is 18.7 Å². The Morgan fingerprint density at radius 2 is 1.79 bits per heavy atom. The van der Waals surface area contributed by atoms with Crippen LogP contribution in [0.15, 0.2) is 36.9 Å². The van der Waals surface area contributed by atoms with Crippen molar-refractivity contribution in [1.29, 1.82) is 0 Å². The molecule has 0 aliphatic carbocycles. The molecule has 196 valence electrons. The molecule has 3 aromatic heterocycles. The number of aromatic nitrogens is 5. The maximum atomic E-state index is 14.6. The van der Waals surface area contributed by atoms with E-state index in [0.29, 0.717) is 47.3 Å². The molecule has 1 saturated heterocycles. The molecule has 1 fully saturated rings. The maximum absolute atomic E-state index is 14.6. The number of aliphatic hydroxyl groups is 1. The van der Waals surface area contributed by atoms with Gasteiger partial charge in [0.2, 0.25) is 5.95 Å². The Labute approximate surface area is 216 Å². The Bertz CT molecular complexity index is 1590. The number of ether oxygens (including phenoxy) is 1. The number of β-amino-alcohol motifs (C(OH)–C–C–N with tert-alkyl or cyclic N) is 1. The molecule has 0 saturated carbocycles. The van der Waals surface area contributed by atoms with E-state index in [2.05, 4.69) is 19.9 Å². The topological polar surface area (TPSA) is 109 Å². The van der Waals surface area contributed by atoms with Crippen LogP contribution in [0, 0.1) is 18.6 Å². The molecule has 38 heavy (non-hydrogen) atoms. The number of anilines is 2. The van der Waals surface area contributed by atoms with Crippen LogP contribution in [0.2, 0.25) is 0 Å². The Morgan fingerprint density at radius 1 is 1.08 bits per heavy atom. The molecule has 1 amide bonds. The highest BCUT2D eigenvalue weighted by atomic mass is 19.1. The van der Waals surface area contributed by atoms with E-state index in [-0.39, 0.29) is 18.0 Å². The average molecular weight is 522 g/mol. The fraction of sp³-hybridized carbons (Fsp3) is 0.346. The number of fused-ring (bicyclic) bond motifs is 2. The first-order chi connectivity index (χ1) is 17.9. The van der Waals surface area contributed by atoms with Gasteiger partial charge in [-0.2, -0.15) is 0 Å². The first kappa shape index (κ1) is 24.2. The number of imidazole rings is 1. The Kier molecular flexibility index (Phi) is 5.18. The second-order valence-corrected chi connectivity index (χ2v) is 10.5. The number of nitrogens with zero attached hydrogens (tertiary/aromatic N) is 7. The fourth-order valence-electron chi connectivity index (χ4n) is 4.88. The average Bonchev–Trinajstić information content (AvgIpc) is 3.15. The van der Waals surface area contributed by atoms with Crippen molar-refractivity contribution in [1.82, 2.24) is 24.3 Å². The van der Waals surface area contributed by atoms with Gasteiger partial charge >= 0.3 is 0 Å². The van der Waals surface area contributed by atoms with Crippen LogP contribution in [0.5, 0.6) is 5.75 Å². The van der Waals surface area contributed by atoms with E-state index in [1.54, 1.807) is 56.9 Å². The summed E-state index contributed by atoms with van der Waals surface area (Å²) in [5.41, 5.74) is 0.996. The van der Waals surface area contributed by atoms with Gasteiger partial charge in [0.05, 0.1) is 54.2 Å². The first-order valence-electron chi connectivity index (χ1n) is 12.1. The molecule has 4 aromatic rings. The van der Waals surface area contributed by atoms with Crippen molar-refractivity contribution in [2.24, 2.45) is 0 Å². The summed E-state index contributed by atoms with van der Waals surface area (Å²) in [5.74, 6) is -1.78. The summed E-state index contributed by atoms with van der Waals surface area (Å²) in [5, 5.41) is 9.97. The summed E-state index contributed by atoms with van der Waals surface area (Å²) in [6, 6.07) is 1.82. The predicted molar refractivity (Wildman–Crippen MR) is 134 cm³/mol. The van der Waals surface area contributed by atoms with Crippen LogP contribution in [0.3, 0.4) is 0 Å². The molecule has 1 N–H and O–H groups in total. The minimum atomic E-state index is -1.35. The lowest BCUT2D eigenvalue weighted by Gasteiger charge is -2.44. The molecule has 6 rings (SSSR count). The molecule has 2 aliphatic heterocycles. The highest BCUT2D eigenvalue weighted by molar-refractivity contribution is 6.02. The van der Waals surface area contributed by atoms with Gasteiger partial charge in [-0.15, -0.1) is 0 Å². The van der Waals surface area contributed by atoms with E-state index >= 15 is 0 Å². The zero-order valence-electron chi connectivity index (χ0n) is 21.2. The third-order valence-corrected chi connectivity index (χ3v) is 6.79. The minimum Gasteiger partial charge on any atom is -0.473 e. The van der Waals surface area contributed by atoms with Gasteiger partial charge in [-0.25, -0.2) is 23.7 Å². The third-order valence-electron chi connectivity index (χ3n) is 6.79. The molecule has 0 atom stereocenters. The monoisotopic (exact) mass is 521 g/mol. The number of carbonyl (C=O) groups excluding carboxylic acids is 1. The highest BCUT2D eigenvalue weighted by Crippen LogP contribution is 2.41. The Balaban J connectivity index is 1.36. The molecule has 0 bridgehead atoms. The maximum Gasteiger partial charge on any atom is 0.271 e. The van der Waals surface area contributed by atoms with E-state index in [0.717, 1.165) is 12.1 Å². The summed E-state index contributed by atoms with van der Waals surface area (Å²) in [4.78, 5) is 34.4. The minimum absolute atomic E-state index is 0.00228. The Morgan fingerprint density at radius 3 is 2.47 bits per heavy atom. The molecular weight excluding hydrogens is 496 g/mol. The number of rotatable bonds is 4. The normalized spacial score (nSPS) is 17.8. The molecule has 5 heterocycles. The van der Waals surface area contributed by atoms with Gasteiger partial charge in [0, 0.05) is 36.3 Å². The molecule has 0 spiro atoms. The third kappa shape index (κ3) is 3.92. The lowest BCUT2D eigenvalue weighted by molar-refractivity contribution is -0.133. The zero-order valence-corrected chi connectivity index (χ0v) is 21.2. The van der Waals surface area contributed by atoms with Crippen molar-refractivity contribution >= 4 is 23.2 Å². The van der Waals surface area contributed by atoms with E-state index < -0.39 is 28.7 Å². The van der Waals surface area contributed by atoms with Crippen LogP contribution in [-0.2, 0) is 11.3 Å². The van der Waals surface area contributed by atoms with Crippen LogP contribution in [0.1, 0.15) is 32.2 Å².